The Bertz CT molecular complexity index is 979. The highest BCUT2D eigenvalue weighted by molar-refractivity contribution is 6.01. The molecule has 2 aromatic rings. The Labute approximate surface area is 148 Å². The Morgan fingerprint density at radius 2 is 1.92 bits per heavy atom. The molecule has 1 aliphatic heterocycles. The van der Waals surface area contributed by atoms with Gasteiger partial charge in [-0.15, -0.1) is 0 Å². The molecule has 2 aliphatic carbocycles. The third-order valence-corrected chi connectivity index (χ3v) is 5.75. The van der Waals surface area contributed by atoms with Crippen molar-refractivity contribution >= 4 is 11.3 Å². The molecule has 1 heterocycles. The van der Waals surface area contributed by atoms with E-state index in [-0.39, 0.29) is 0 Å². The molecule has 2 unspecified atom stereocenters. The Morgan fingerprint density at radius 1 is 1.08 bits per heavy atom. The molecule has 1 N–H and O–H groups in total. The van der Waals surface area contributed by atoms with E-state index in [1.54, 1.807) is 0 Å². The summed E-state index contributed by atoms with van der Waals surface area (Å²) in [5, 5.41) is 8.23. The highest BCUT2D eigenvalue weighted by Gasteiger charge is 2.49. The molecular formula is C23H21NO. The lowest BCUT2D eigenvalue weighted by atomic mass is 9.84. The fraction of sp³-hybridized carbons (Fsp3) is 0.261. The van der Waals surface area contributed by atoms with Gasteiger partial charge in [0.2, 0.25) is 0 Å². The minimum absolute atomic E-state index is 0.404. The number of hydrogen-bond acceptors (Lipinski definition) is 2. The van der Waals surface area contributed by atoms with Gasteiger partial charge >= 0.3 is 0 Å². The van der Waals surface area contributed by atoms with Gasteiger partial charge in [-0.05, 0) is 60.9 Å². The van der Waals surface area contributed by atoms with E-state index in [2.05, 4.69) is 56.3 Å². The fourth-order valence-corrected chi connectivity index (χ4v) is 4.24. The zero-order valence-electron chi connectivity index (χ0n) is 14.6. The minimum Gasteiger partial charge on any atom is -0.456 e. The van der Waals surface area contributed by atoms with E-state index in [4.69, 9.17) is 10.1 Å². The first kappa shape index (κ1) is 14.7. The number of nitrogens with one attached hydrogen (secondary N) is 1. The number of ether oxygens (including phenoxy) is 1. The van der Waals surface area contributed by atoms with Crippen LogP contribution in [0.25, 0.3) is 5.57 Å². The van der Waals surface area contributed by atoms with Crippen LogP contribution in [0.15, 0.2) is 59.9 Å². The summed E-state index contributed by atoms with van der Waals surface area (Å²) in [6.45, 7) is 4.28. The van der Waals surface area contributed by atoms with Gasteiger partial charge in [-0.2, -0.15) is 0 Å². The first-order chi connectivity index (χ1) is 12.1. The lowest BCUT2D eigenvalue weighted by molar-refractivity contribution is 0.420. The lowest BCUT2D eigenvalue weighted by Crippen LogP contribution is -2.19. The maximum atomic E-state index is 8.23. The molecule has 0 radical (unpaired) electrons. The summed E-state index contributed by atoms with van der Waals surface area (Å²) in [6, 6.07) is 15.1. The van der Waals surface area contributed by atoms with E-state index in [1.165, 1.54) is 33.4 Å². The summed E-state index contributed by atoms with van der Waals surface area (Å²) in [7, 11) is 0. The van der Waals surface area contributed by atoms with Crippen molar-refractivity contribution in [3.05, 3.63) is 82.1 Å². The Balaban J connectivity index is 1.71. The number of rotatable bonds is 2. The van der Waals surface area contributed by atoms with Crippen molar-refractivity contribution in [2.45, 2.75) is 26.7 Å². The number of benzene rings is 2. The number of hydrogen-bond donors (Lipinski definition) is 1. The maximum Gasteiger partial charge on any atom is 0.135 e. The summed E-state index contributed by atoms with van der Waals surface area (Å²) in [4.78, 5) is 0. The predicted octanol–water partition coefficient (Wildman–Crippen LogP) is 5.25. The molecular weight excluding hydrogens is 306 g/mol. The smallest absolute Gasteiger partial charge is 0.135 e. The van der Waals surface area contributed by atoms with Gasteiger partial charge in [-0.1, -0.05) is 36.4 Å². The van der Waals surface area contributed by atoms with Gasteiger partial charge in [0, 0.05) is 28.8 Å². The van der Waals surface area contributed by atoms with Crippen molar-refractivity contribution in [1.82, 2.24) is 0 Å². The monoisotopic (exact) mass is 327 g/mol. The number of aryl methyl sites for hydroxylation is 2. The molecule has 2 aromatic carbocycles. The van der Waals surface area contributed by atoms with Crippen LogP contribution in [0, 0.1) is 31.1 Å². The van der Waals surface area contributed by atoms with Gasteiger partial charge in [-0.25, -0.2) is 0 Å². The van der Waals surface area contributed by atoms with Crippen LogP contribution in [0.5, 0.6) is 5.75 Å². The highest BCUT2D eigenvalue weighted by Crippen LogP contribution is 2.56. The first-order valence-corrected chi connectivity index (χ1v) is 8.99. The van der Waals surface area contributed by atoms with Crippen LogP contribution < -0.4 is 4.74 Å². The second kappa shape index (κ2) is 5.19. The summed E-state index contributed by atoms with van der Waals surface area (Å²) < 4.78 is 6.24. The summed E-state index contributed by atoms with van der Waals surface area (Å²) in [5.74, 6) is 2.72. The van der Waals surface area contributed by atoms with Crippen molar-refractivity contribution in [3.63, 3.8) is 0 Å². The van der Waals surface area contributed by atoms with E-state index in [0.717, 1.165) is 30.1 Å². The topological polar surface area (TPSA) is 33.1 Å². The Morgan fingerprint density at radius 3 is 2.76 bits per heavy atom. The fourth-order valence-electron chi connectivity index (χ4n) is 4.24. The summed E-state index contributed by atoms with van der Waals surface area (Å²) in [6.07, 6.45) is 3.97. The highest BCUT2D eigenvalue weighted by atomic mass is 16.5. The molecule has 0 saturated heterocycles. The van der Waals surface area contributed by atoms with Crippen LogP contribution in [-0.4, -0.2) is 5.71 Å². The average Bonchev–Trinajstić information content (AvgIpc) is 3.37. The van der Waals surface area contributed by atoms with E-state index < -0.39 is 0 Å². The molecule has 2 atom stereocenters. The van der Waals surface area contributed by atoms with Crippen molar-refractivity contribution in [2.24, 2.45) is 11.8 Å². The molecule has 2 nitrogen and oxygen atoms in total. The molecule has 0 amide bonds. The van der Waals surface area contributed by atoms with Gasteiger partial charge in [0.1, 0.15) is 11.5 Å². The van der Waals surface area contributed by atoms with Gasteiger partial charge in [-0.3, -0.25) is 0 Å². The minimum atomic E-state index is 0.404. The van der Waals surface area contributed by atoms with Crippen molar-refractivity contribution < 1.29 is 4.74 Å². The molecule has 1 fully saturated rings. The zero-order chi connectivity index (χ0) is 17.1. The average molecular weight is 327 g/mol. The van der Waals surface area contributed by atoms with Gasteiger partial charge < -0.3 is 10.1 Å². The quantitative estimate of drug-likeness (QED) is 0.803. The van der Waals surface area contributed by atoms with Crippen LogP contribution in [-0.2, 0) is 6.42 Å². The number of allylic oxidation sites excluding steroid dienone is 3. The normalized spacial score (nSPS) is 23.3. The largest absolute Gasteiger partial charge is 0.456 e. The molecule has 124 valence electrons. The standard InChI is InChI=1S/C23H21NO/c1-13-7-8-16-18(10-15-6-4-3-5-14(15)2)23-19-11-17(19)20(24)12-22(23)25-21(16)9-13/h3-9,12,17,19,24H,10-11H2,1-2H3. The molecule has 5 rings (SSSR count). The van der Waals surface area contributed by atoms with Gasteiger partial charge in [0.25, 0.3) is 0 Å². The van der Waals surface area contributed by atoms with Gasteiger partial charge in [0.05, 0.1) is 0 Å². The first-order valence-electron chi connectivity index (χ1n) is 8.99. The van der Waals surface area contributed by atoms with Crippen LogP contribution in [0.4, 0.5) is 0 Å². The van der Waals surface area contributed by atoms with E-state index >= 15 is 0 Å². The molecule has 1 saturated carbocycles. The molecule has 3 aliphatic rings. The van der Waals surface area contributed by atoms with E-state index in [0.29, 0.717) is 11.8 Å². The summed E-state index contributed by atoms with van der Waals surface area (Å²) in [5.41, 5.74) is 8.60. The second-order valence-corrected chi connectivity index (χ2v) is 7.51. The van der Waals surface area contributed by atoms with E-state index in [9.17, 15) is 0 Å². The van der Waals surface area contributed by atoms with Crippen molar-refractivity contribution in [3.8, 4) is 5.75 Å². The summed E-state index contributed by atoms with van der Waals surface area (Å²) >= 11 is 0. The van der Waals surface area contributed by atoms with Crippen LogP contribution in [0.1, 0.15) is 28.7 Å². The molecule has 0 bridgehead atoms. The van der Waals surface area contributed by atoms with E-state index in [1.807, 2.05) is 6.08 Å². The third-order valence-electron chi connectivity index (χ3n) is 5.75. The third kappa shape index (κ3) is 2.28. The van der Waals surface area contributed by atoms with Crippen molar-refractivity contribution in [1.29, 1.82) is 5.41 Å². The van der Waals surface area contributed by atoms with Crippen LogP contribution in [0.3, 0.4) is 0 Å². The molecule has 2 heteroatoms. The molecule has 0 spiro atoms. The second-order valence-electron chi connectivity index (χ2n) is 7.51. The van der Waals surface area contributed by atoms with Gasteiger partial charge in [0.15, 0.2) is 0 Å². The van der Waals surface area contributed by atoms with Crippen molar-refractivity contribution in [2.75, 3.05) is 0 Å². The SMILES string of the molecule is Cc1ccc2c(c1)OC1=CC(=N)C3CC3C1=C2Cc1ccccc1C. The molecule has 0 aromatic heterocycles. The molecule has 25 heavy (non-hydrogen) atoms. The zero-order valence-corrected chi connectivity index (χ0v) is 14.6. The number of fused-ring (bicyclic) bond motifs is 4. The maximum absolute atomic E-state index is 8.23. The lowest BCUT2D eigenvalue weighted by Gasteiger charge is -2.29. The Kier molecular flexibility index (Phi) is 3.05. The van der Waals surface area contributed by atoms with Crippen LogP contribution >= 0.6 is 0 Å². The van der Waals surface area contributed by atoms with Crippen LogP contribution in [0.2, 0.25) is 0 Å². The predicted molar refractivity (Wildman–Crippen MR) is 101 cm³/mol. The Hall–Kier alpha value is -2.61.